The average Bonchev–Trinajstić information content (AvgIpc) is 3.34. The van der Waals surface area contributed by atoms with Crippen LogP contribution in [0.4, 0.5) is 0 Å². The third kappa shape index (κ3) is 5.66. The van der Waals surface area contributed by atoms with Gasteiger partial charge in [0, 0.05) is 52.9 Å². The van der Waals surface area contributed by atoms with Crippen molar-refractivity contribution in [1.82, 2.24) is 30.4 Å². The second kappa shape index (κ2) is 10.7. The Morgan fingerprint density at radius 1 is 0.949 bits per heavy atom. The number of carbonyl (C=O) groups excluding carboxylic acids is 1. The lowest BCUT2D eigenvalue weighted by molar-refractivity contribution is 0.0951. The van der Waals surface area contributed by atoms with Crippen molar-refractivity contribution in [3.8, 4) is 23.1 Å². The predicted octanol–water partition coefficient (Wildman–Crippen LogP) is 5.16. The van der Waals surface area contributed by atoms with Crippen LogP contribution in [0.2, 0.25) is 0 Å². The molecule has 0 aliphatic rings. The van der Waals surface area contributed by atoms with Gasteiger partial charge in [0.25, 0.3) is 5.91 Å². The number of likely N-dealkylation sites (N-methyl/N-ethyl adjacent to an activating group) is 1. The van der Waals surface area contributed by atoms with Crippen LogP contribution in [0.5, 0.6) is 0 Å². The number of pyridine rings is 2. The molecule has 5 aromatic rings. The first-order valence-corrected chi connectivity index (χ1v) is 13.0. The van der Waals surface area contributed by atoms with Crippen LogP contribution >= 0.6 is 0 Å². The summed E-state index contributed by atoms with van der Waals surface area (Å²) in [5.74, 6) is 6.41. The monoisotopic (exact) mass is 516 g/mol. The van der Waals surface area contributed by atoms with Crippen molar-refractivity contribution in [2.24, 2.45) is 0 Å². The molecular weight excluding hydrogens is 484 g/mol. The van der Waals surface area contributed by atoms with Gasteiger partial charge in [-0.25, -0.2) is 4.98 Å². The van der Waals surface area contributed by atoms with Crippen molar-refractivity contribution in [1.29, 1.82) is 0 Å². The molecule has 1 amide bonds. The molecule has 0 saturated carbocycles. The number of hydrogen-bond donors (Lipinski definition) is 2. The van der Waals surface area contributed by atoms with Crippen molar-refractivity contribution in [3.05, 3.63) is 89.4 Å². The van der Waals surface area contributed by atoms with Crippen molar-refractivity contribution < 1.29 is 4.79 Å². The van der Waals surface area contributed by atoms with Crippen LogP contribution in [0.3, 0.4) is 0 Å². The van der Waals surface area contributed by atoms with Crippen LogP contribution in [-0.4, -0.2) is 58.2 Å². The summed E-state index contributed by atoms with van der Waals surface area (Å²) in [4.78, 5) is 23.7. The zero-order valence-corrected chi connectivity index (χ0v) is 23.0. The van der Waals surface area contributed by atoms with Crippen molar-refractivity contribution in [3.63, 3.8) is 0 Å². The summed E-state index contributed by atoms with van der Waals surface area (Å²) in [7, 11) is 3.97. The molecule has 0 aliphatic carbocycles. The molecule has 0 saturated heterocycles. The molecule has 0 aliphatic heterocycles. The molecule has 196 valence electrons. The molecular formula is C32H32N6O. The van der Waals surface area contributed by atoms with Gasteiger partial charge < -0.3 is 10.2 Å². The van der Waals surface area contributed by atoms with Gasteiger partial charge in [-0.3, -0.25) is 14.9 Å². The molecule has 5 rings (SSSR count). The SMILES string of the molecule is CN(C)CCNC(=O)c1ccc(-c2cc(C(C)(C)C)c3c(ccc4n[nH]c(C#Cc5ccncc5)c43)n2)cc1. The number of nitrogens with one attached hydrogen (secondary N) is 2. The third-order valence-corrected chi connectivity index (χ3v) is 6.60. The number of benzene rings is 2. The van der Waals surface area contributed by atoms with Crippen molar-refractivity contribution >= 4 is 27.7 Å². The quantitative estimate of drug-likeness (QED) is 0.315. The highest BCUT2D eigenvalue weighted by Gasteiger charge is 2.23. The highest BCUT2D eigenvalue weighted by atomic mass is 16.1. The van der Waals surface area contributed by atoms with Gasteiger partial charge in [-0.05, 0) is 73.5 Å². The van der Waals surface area contributed by atoms with E-state index < -0.39 is 0 Å². The van der Waals surface area contributed by atoms with Gasteiger partial charge in [-0.1, -0.05) is 38.8 Å². The Morgan fingerprint density at radius 3 is 2.36 bits per heavy atom. The molecule has 7 heteroatoms. The Bertz CT molecular complexity index is 1700. The van der Waals surface area contributed by atoms with Gasteiger partial charge in [0.05, 0.1) is 16.7 Å². The lowest BCUT2D eigenvalue weighted by Gasteiger charge is -2.23. The highest BCUT2D eigenvalue weighted by molar-refractivity contribution is 6.10. The summed E-state index contributed by atoms with van der Waals surface area (Å²) in [5, 5.41) is 12.7. The Kier molecular flexibility index (Phi) is 7.14. The van der Waals surface area contributed by atoms with Crippen molar-refractivity contribution in [2.45, 2.75) is 26.2 Å². The molecule has 3 heterocycles. The maximum atomic E-state index is 12.5. The van der Waals surface area contributed by atoms with Gasteiger partial charge in [-0.15, -0.1) is 0 Å². The minimum Gasteiger partial charge on any atom is -0.351 e. The number of fused-ring (bicyclic) bond motifs is 3. The number of rotatable bonds is 5. The van der Waals surface area contributed by atoms with E-state index in [1.807, 2.05) is 67.5 Å². The van der Waals surface area contributed by atoms with Gasteiger partial charge >= 0.3 is 0 Å². The molecule has 0 unspecified atom stereocenters. The number of aromatic amines is 1. The van der Waals surface area contributed by atoms with Crippen LogP contribution in [0.25, 0.3) is 33.1 Å². The van der Waals surface area contributed by atoms with Crippen LogP contribution in [0.1, 0.15) is 48.0 Å². The zero-order chi connectivity index (χ0) is 27.6. The number of carbonyl (C=O) groups is 1. The van der Waals surface area contributed by atoms with Gasteiger partial charge in [0.15, 0.2) is 0 Å². The molecule has 0 atom stereocenters. The summed E-state index contributed by atoms with van der Waals surface area (Å²) in [6.45, 7) is 8.00. The minimum atomic E-state index is -0.163. The molecule has 0 spiro atoms. The first-order chi connectivity index (χ1) is 18.7. The minimum absolute atomic E-state index is 0.0759. The second-order valence-electron chi connectivity index (χ2n) is 10.9. The van der Waals surface area contributed by atoms with Crippen LogP contribution < -0.4 is 5.32 Å². The van der Waals surface area contributed by atoms with Gasteiger partial charge in [-0.2, -0.15) is 5.10 Å². The molecule has 3 aromatic heterocycles. The Morgan fingerprint density at radius 2 is 1.67 bits per heavy atom. The average molecular weight is 517 g/mol. The molecule has 0 bridgehead atoms. The van der Waals surface area contributed by atoms with Gasteiger partial charge in [0.2, 0.25) is 0 Å². The Hall–Kier alpha value is -4.54. The fraction of sp³-hybridized carbons (Fsp3) is 0.250. The van der Waals surface area contributed by atoms with Crippen LogP contribution in [0, 0.1) is 11.8 Å². The number of aromatic nitrogens is 4. The van der Waals surface area contributed by atoms with E-state index in [0.29, 0.717) is 12.1 Å². The molecule has 2 N–H and O–H groups in total. The molecule has 7 nitrogen and oxygen atoms in total. The van der Waals surface area contributed by atoms with E-state index in [4.69, 9.17) is 4.98 Å². The number of nitrogens with zero attached hydrogens (tertiary/aromatic N) is 4. The highest BCUT2D eigenvalue weighted by Crippen LogP contribution is 2.37. The third-order valence-electron chi connectivity index (χ3n) is 6.60. The molecule has 2 aromatic carbocycles. The second-order valence-corrected chi connectivity index (χ2v) is 10.9. The maximum Gasteiger partial charge on any atom is 0.251 e. The Balaban J connectivity index is 1.57. The maximum absolute atomic E-state index is 12.5. The predicted molar refractivity (Wildman–Crippen MR) is 157 cm³/mol. The molecule has 0 radical (unpaired) electrons. The number of H-pyrrole nitrogens is 1. The summed E-state index contributed by atoms with van der Waals surface area (Å²) in [6.07, 6.45) is 3.47. The lowest BCUT2D eigenvalue weighted by atomic mass is 9.82. The largest absolute Gasteiger partial charge is 0.351 e. The first kappa shape index (κ1) is 26.1. The zero-order valence-electron chi connectivity index (χ0n) is 23.0. The first-order valence-electron chi connectivity index (χ1n) is 13.0. The molecule has 39 heavy (non-hydrogen) atoms. The van der Waals surface area contributed by atoms with Crippen molar-refractivity contribution in [2.75, 3.05) is 27.2 Å². The summed E-state index contributed by atoms with van der Waals surface area (Å²) >= 11 is 0. The topological polar surface area (TPSA) is 86.8 Å². The fourth-order valence-electron chi connectivity index (χ4n) is 4.52. The van der Waals surface area contributed by atoms with Gasteiger partial charge in [0.1, 0.15) is 5.69 Å². The smallest absolute Gasteiger partial charge is 0.251 e. The van der Waals surface area contributed by atoms with E-state index in [1.54, 1.807) is 12.4 Å². The van der Waals surface area contributed by atoms with E-state index >= 15 is 0 Å². The summed E-state index contributed by atoms with van der Waals surface area (Å²) in [5.41, 5.74) is 6.82. The molecule has 0 fully saturated rings. The van der Waals surface area contributed by atoms with E-state index in [0.717, 1.165) is 56.4 Å². The van der Waals surface area contributed by atoms with Crippen LogP contribution in [-0.2, 0) is 5.41 Å². The van der Waals surface area contributed by atoms with E-state index in [-0.39, 0.29) is 11.3 Å². The van der Waals surface area contributed by atoms with E-state index in [2.05, 4.69) is 59.2 Å². The fourth-order valence-corrected chi connectivity index (χ4v) is 4.52. The lowest BCUT2D eigenvalue weighted by Crippen LogP contribution is -2.31. The standard InChI is InChI=1S/C32H32N6O/c1-32(2,3)24-20-28(22-7-9-23(10-8-22)31(39)34-18-19-38(4)5)35-25-12-13-27-30(29(24)25)26(36-37-27)11-6-21-14-16-33-17-15-21/h7-10,12-17,20H,18-19H2,1-5H3,(H,34,39)(H,36,37). The van der Waals surface area contributed by atoms with Crippen LogP contribution in [0.15, 0.2) is 67.0 Å². The summed E-state index contributed by atoms with van der Waals surface area (Å²) < 4.78 is 0. The van der Waals surface area contributed by atoms with E-state index in [9.17, 15) is 4.79 Å². The summed E-state index contributed by atoms with van der Waals surface area (Å²) in [6, 6.07) is 17.6. The number of amides is 1. The van der Waals surface area contributed by atoms with E-state index in [1.165, 1.54) is 0 Å². The Labute approximate surface area is 228 Å². The normalized spacial score (nSPS) is 11.5. The number of hydrogen-bond acceptors (Lipinski definition) is 5.